The maximum absolute atomic E-state index is 10.2. The molecule has 118 valence electrons. The van der Waals surface area contributed by atoms with Crippen LogP contribution in [0.5, 0.6) is 0 Å². The molecule has 1 saturated heterocycles. The molecule has 2 unspecified atom stereocenters. The van der Waals surface area contributed by atoms with Crippen LogP contribution >= 0.6 is 0 Å². The Kier molecular flexibility index (Phi) is 6.64. The van der Waals surface area contributed by atoms with Crippen molar-refractivity contribution in [1.29, 1.82) is 0 Å². The number of aliphatic hydroxyl groups excluding tert-OH is 1. The number of rotatable bonds is 8. The van der Waals surface area contributed by atoms with Crippen LogP contribution in [0.2, 0.25) is 0 Å². The maximum atomic E-state index is 10.2. The van der Waals surface area contributed by atoms with Crippen molar-refractivity contribution in [1.82, 2.24) is 9.80 Å². The third-order valence-electron chi connectivity index (χ3n) is 3.93. The van der Waals surface area contributed by atoms with Crippen molar-refractivity contribution in [3.63, 3.8) is 0 Å². The molecule has 2 atom stereocenters. The van der Waals surface area contributed by atoms with Gasteiger partial charge in [0, 0.05) is 32.8 Å². The Morgan fingerprint density at radius 2 is 1.90 bits per heavy atom. The van der Waals surface area contributed by atoms with E-state index in [2.05, 4.69) is 48.2 Å². The smallest absolute Gasteiger partial charge is 0.0793 e. The predicted octanol–water partition coefficient (Wildman–Crippen LogP) is 1.45. The van der Waals surface area contributed by atoms with Gasteiger partial charge in [0.25, 0.3) is 0 Å². The van der Waals surface area contributed by atoms with E-state index in [-0.39, 0.29) is 6.10 Å². The Labute approximate surface area is 128 Å². The van der Waals surface area contributed by atoms with Gasteiger partial charge in [-0.25, -0.2) is 0 Å². The number of ether oxygens (including phenoxy) is 1. The molecule has 1 fully saturated rings. The molecule has 0 aromatic heterocycles. The molecular weight excluding hydrogens is 264 g/mol. The van der Waals surface area contributed by atoms with E-state index in [0.717, 1.165) is 39.3 Å². The van der Waals surface area contributed by atoms with Gasteiger partial charge in [0.05, 0.1) is 12.7 Å². The number of aliphatic hydroxyl groups is 1. The van der Waals surface area contributed by atoms with Gasteiger partial charge in [0.2, 0.25) is 0 Å². The van der Waals surface area contributed by atoms with E-state index in [0.29, 0.717) is 12.5 Å². The Morgan fingerprint density at radius 3 is 2.57 bits per heavy atom. The van der Waals surface area contributed by atoms with Gasteiger partial charge >= 0.3 is 0 Å². The third-order valence-corrected chi connectivity index (χ3v) is 3.93. The summed E-state index contributed by atoms with van der Waals surface area (Å²) in [7, 11) is 4.14. The van der Waals surface area contributed by atoms with Gasteiger partial charge in [-0.05, 0) is 32.0 Å². The highest BCUT2D eigenvalue weighted by Crippen LogP contribution is 2.13. The molecule has 0 aliphatic carbocycles. The summed E-state index contributed by atoms with van der Waals surface area (Å²) < 4.78 is 5.40. The van der Waals surface area contributed by atoms with Gasteiger partial charge in [-0.15, -0.1) is 0 Å². The monoisotopic (exact) mass is 292 g/mol. The van der Waals surface area contributed by atoms with Crippen molar-refractivity contribution in [2.24, 2.45) is 5.92 Å². The number of hydrogen-bond acceptors (Lipinski definition) is 4. The van der Waals surface area contributed by atoms with Crippen molar-refractivity contribution >= 4 is 0 Å². The minimum Gasteiger partial charge on any atom is -0.390 e. The highest BCUT2D eigenvalue weighted by Gasteiger charge is 2.19. The van der Waals surface area contributed by atoms with Crippen LogP contribution in [0, 0.1) is 5.92 Å². The maximum Gasteiger partial charge on any atom is 0.0793 e. The van der Waals surface area contributed by atoms with Crippen LogP contribution in [-0.4, -0.2) is 68.0 Å². The van der Waals surface area contributed by atoms with Crippen molar-refractivity contribution in [3.05, 3.63) is 35.9 Å². The summed E-state index contributed by atoms with van der Waals surface area (Å²) in [5.41, 5.74) is 1.28. The molecule has 0 amide bonds. The molecule has 0 bridgehead atoms. The first-order valence-corrected chi connectivity index (χ1v) is 7.80. The first-order valence-electron chi connectivity index (χ1n) is 7.80. The normalized spacial score (nSPS) is 20.3. The van der Waals surface area contributed by atoms with E-state index in [1.165, 1.54) is 5.56 Å². The third kappa shape index (κ3) is 6.14. The summed E-state index contributed by atoms with van der Waals surface area (Å²) in [6.07, 6.45) is 0.833. The molecule has 4 nitrogen and oxygen atoms in total. The SMILES string of the molecule is CN(Cc1ccccc1)CC(O)CN(C)CC1CCOC1. The van der Waals surface area contributed by atoms with Crippen LogP contribution < -0.4 is 0 Å². The van der Waals surface area contributed by atoms with E-state index in [9.17, 15) is 5.11 Å². The van der Waals surface area contributed by atoms with E-state index in [1.807, 2.05) is 6.07 Å². The van der Waals surface area contributed by atoms with Gasteiger partial charge in [0.1, 0.15) is 0 Å². The minimum absolute atomic E-state index is 0.314. The molecule has 1 aliphatic heterocycles. The van der Waals surface area contributed by atoms with Crippen LogP contribution in [0.1, 0.15) is 12.0 Å². The molecule has 1 aromatic carbocycles. The van der Waals surface area contributed by atoms with Crippen molar-refractivity contribution < 1.29 is 9.84 Å². The number of hydrogen-bond donors (Lipinski definition) is 1. The van der Waals surface area contributed by atoms with E-state index < -0.39 is 0 Å². The zero-order valence-corrected chi connectivity index (χ0v) is 13.2. The zero-order valence-electron chi connectivity index (χ0n) is 13.2. The highest BCUT2D eigenvalue weighted by atomic mass is 16.5. The predicted molar refractivity (Wildman–Crippen MR) is 85.2 cm³/mol. The average molecular weight is 292 g/mol. The summed E-state index contributed by atoms with van der Waals surface area (Å²) in [4.78, 5) is 4.40. The molecule has 1 N–H and O–H groups in total. The molecule has 2 rings (SSSR count). The molecule has 21 heavy (non-hydrogen) atoms. The zero-order chi connectivity index (χ0) is 15.1. The first-order chi connectivity index (χ1) is 10.1. The fourth-order valence-corrected chi connectivity index (χ4v) is 2.98. The molecule has 0 saturated carbocycles. The van der Waals surface area contributed by atoms with Crippen LogP contribution in [-0.2, 0) is 11.3 Å². The lowest BCUT2D eigenvalue weighted by molar-refractivity contribution is 0.0819. The second-order valence-electron chi connectivity index (χ2n) is 6.29. The van der Waals surface area contributed by atoms with Gasteiger partial charge in [-0.3, -0.25) is 4.90 Å². The lowest BCUT2D eigenvalue weighted by Crippen LogP contribution is -2.39. The Morgan fingerprint density at radius 1 is 1.19 bits per heavy atom. The highest BCUT2D eigenvalue weighted by molar-refractivity contribution is 5.14. The van der Waals surface area contributed by atoms with E-state index in [4.69, 9.17) is 4.74 Å². The molecular formula is C17H28N2O2. The molecule has 1 aliphatic rings. The van der Waals surface area contributed by atoms with Gasteiger partial charge < -0.3 is 14.7 Å². The fraction of sp³-hybridized carbons (Fsp3) is 0.647. The van der Waals surface area contributed by atoms with Crippen LogP contribution in [0.25, 0.3) is 0 Å². The van der Waals surface area contributed by atoms with Crippen molar-refractivity contribution in [3.8, 4) is 0 Å². The molecule has 4 heteroatoms. The van der Waals surface area contributed by atoms with E-state index in [1.54, 1.807) is 0 Å². The average Bonchev–Trinajstić information content (AvgIpc) is 2.91. The summed E-state index contributed by atoms with van der Waals surface area (Å²) in [5.74, 6) is 0.629. The second-order valence-corrected chi connectivity index (χ2v) is 6.29. The quantitative estimate of drug-likeness (QED) is 0.787. The number of likely N-dealkylation sites (N-methyl/N-ethyl adjacent to an activating group) is 2. The minimum atomic E-state index is -0.314. The summed E-state index contributed by atoms with van der Waals surface area (Å²) in [6.45, 7) is 5.06. The van der Waals surface area contributed by atoms with E-state index >= 15 is 0 Å². The standard InChI is InChI=1S/C17H28N2O2/c1-18(10-15-6-4-3-5-7-15)12-17(20)13-19(2)11-16-8-9-21-14-16/h3-7,16-17,20H,8-14H2,1-2H3. The summed E-state index contributed by atoms with van der Waals surface area (Å²) in [5, 5.41) is 10.2. The largest absolute Gasteiger partial charge is 0.390 e. The lowest BCUT2D eigenvalue weighted by Gasteiger charge is -2.26. The Balaban J connectivity index is 1.66. The van der Waals surface area contributed by atoms with Crippen LogP contribution in [0.4, 0.5) is 0 Å². The molecule has 0 radical (unpaired) electrons. The molecule has 0 spiro atoms. The second kappa shape index (κ2) is 8.49. The Bertz CT molecular complexity index is 393. The van der Waals surface area contributed by atoms with Gasteiger partial charge in [-0.2, -0.15) is 0 Å². The fourth-order valence-electron chi connectivity index (χ4n) is 2.98. The van der Waals surface area contributed by atoms with Crippen LogP contribution in [0.3, 0.4) is 0 Å². The van der Waals surface area contributed by atoms with Crippen molar-refractivity contribution in [2.75, 3.05) is 46.9 Å². The molecule has 1 aromatic rings. The van der Waals surface area contributed by atoms with Gasteiger partial charge in [0.15, 0.2) is 0 Å². The molecule has 1 heterocycles. The van der Waals surface area contributed by atoms with Crippen molar-refractivity contribution in [2.45, 2.75) is 19.1 Å². The van der Waals surface area contributed by atoms with Gasteiger partial charge in [-0.1, -0.05) is 30.3 Å². The topological polar surface area (TPSA) is 35.9 Å². The lowest BCUT2D eigenvalue weighted by atomic mass is 10.1. The summed E-state index contributed by atoms with van der Waals surface area (Å²) in [6, 6.07) is 10.4. The number of benzene rings is 1. The first kappa shape index (κ1) is 16.4. The number of nitrogens with zero attached hydrogens (tertiary/aromatic N) is 2. The Hall–Kier alpha value is -0.940. The van der Waals surface area contributed by atoms with Crippen LogP contribution in [0.15, 0.2) is 30.3 Å². The summed E-state index contributed by atoms with van der Waals surface area (Å²) >= 11 is 0.